The maximum Gasteiger partial charge on any atom is 0.268 e. The average molecular weight is 1000 g/mol. The molecule has 0 saturated carbocycles. The minimum atomic E-state index is 0. The molecule has 0 spiro atoms. The molecule has 3 heterocycles. The number of halogens is 1. The lowest BCUT2D eigenvalue weighted by Crippen LogP contribution is -2.25. The number of hydrogen-bond acceptors (Lipinski definition) is 6. The van der Waals surface area contributed by atoms with Gasteiger partial charge in [-0.2, -0.15) is 0 Å². The van der Waals surface area contributed by atoms with Crippen molar-refractivity contribution in [1.29, 1.82) is 0 Å². The molecule has 3 aromatic heterocycles. The Balaban J connectivity index is -0.0000000954. The molecule has 9 heteroatoms. The van der Waals surface area contributed by atoms with Gasteiger partial charge in [0.15, 0.2) is 0 Å². The molecule has 0 aliphatic carbocycles. The molecule has 0 unspecified atom stereocenters. The molecule has 0 saturated heterocycles. The summed E-state index contributed by atoms with van der Waals surface area (Å²) < 4.78 is 4.93. The van der Waals surface area contributed by atoms with Crippen LogP contribution in [0, 0.1) is 13.8 Å². The van der Waals surface area contributed by atoms with Crippen LogP contribution in [0.3, 0.4) is 0 Å². The van der Waals surface area contributed by atoms with E-state index >= 15 is 0 Å². The second kappa shape index (κ2) is 49.2. The van der Waals surface area contributed by atoms with E-state index in [0.29, 0.717) is 0 Å². The number of nitrogens with zero attached hydrogens (tertiary/aromatic N) is 2. The molecule has 8 rings (SSSR count). The maximum absolute atomic E-state index is 12.7. The molecule has 5 nitrogen and oxygen atoms in total. The van der Waals surface area contributed by atoms with Crippen molar-refractivity contribution in [3.05, 3.63) is 160 Å². The van der Waals surface area contributed by atoms with Crippen molar-refractivity contribution < 1.29 is 9.90 Å². The fourth-order valence-electron chi connectivity index (χ4n) is 5.54. The first-order valence-corrected chi connectivity index (χ1v) is 23.1. The zero-order valence-corrected chi connectivity index (χ0v) is 41.4. The summed E-state index contributed by atoms with van der Waals surface area (Å²) in [4.78, 5) is 27.7. The number of aromatic nitrogens is 1. The van der Waals surface area contributed by atoms with Crippen LogP contribution >= 0.6 is 46.5 Å². The number of carbonyl (C=O) groups excluding carboxylic acids is 1. The number of pyridine rings is 1. The van der Waals surface area contributed by atoms with Gasteiger partial charge in [0.25, 0.3) is 11.5 Å². The summed E-state index contributed by atoms with van der Waals surface area (Å²) in [5.74, 6) is 2.88. The minimum absolute atomic E-state index is 0. The van der Waals surface area contributed by atoms with Gasteiger partial charge < -0.3 is 14.6 Å². The van der Waals surface area contributed by atoms with Crippen molar-refractivity contribution in [2.45, 2.75) is 121 Å². The second-order valence-corrected chi connectivity index (χ2v) is 13.2. The lowest BCUT2D eigenvalue weighted by atomic mass is 10.1. The Morgan fingerprint density at radius 2 is 0.925 bits per heavy atom. The molecule has 0 aliphatic heterocycles. The number of para-hydroxylation sites is 2. The van der Waals surface area contributed by atoms with Crippen LogP contribution in [0.2, 0.25) is 0 Å². The lowest BCUT2D eigenvalue weighted by Gasteiger charge is -2.16. The fourth-order valence-corrected chi connectivity index (χ4v) is 7.91. The molecule has 0 fully saturated rings. The fraction of sp³-hybridized carbons (Fsp3) is 0.362. The monoisotopic (exact) mass is 999 g/mol. The molecule has 5 aromatic carbocycles. The third-order valence-corrected chi connectivity index (χ3v) is 10.5. The molecular formula is C58H95ClN2O3S3. The Bertz CT molecular complexity index is 2390. The van der Waals surface area contributed by atoms with Crippen molar-refractivity contribution in [3.8, 4) is 0 Å². The van der Waals surface area contributed by atoms with Crippen LogP contribution in [0.1, 0.15) is 128 Å². The van der Waals surface area contributed by atoms with Crippen LogP contribution in [0.5, 0.6) is 0 Å². The predicted octanol–water partition coefficient (Wildman–Crippen LogP) is 20.0. The van der Waals surface area contributed by atoms with Crippen molar-refractivity contribution in [3.63, 3.8) is 0 Å². The number of aliphatic hydroxyl groups excluding tert-OH is 1. The van der Waals surface area contributed by atoms with E-state index in [-0.39, 0.29) is 63.5 Å². The summed E-state index contributed by atoms with van der Waals surface area (Å²) >= 11 is 11.6. The van der Waals surface area contributed by atoms with Crippen LogP contribution < -0.4 is 10.5 Å². The molecule has 1 N–H and O–H groups in total. The van der Waals surface area contributed by atoms with Crippen molar-refractivity contribution in [1.82, 2.24) is 4.57 Å². The van der Waals surface area contributed by atoms with Gasteiger partial charge in [-0.05, 0) is 61.0 Å². The number of amides is 1. The quantitative estimate of drug-likeness (QED) is 0.138. The largest absolute Gasteiger partial charge is 0.400 e. The molecular weight excluding hydrogens is 904 g/mol. The summed E-state index contributed by atoms with van der Waals surface area (Å²) in [5.41, 5.74) is 4.38. The molecule has 0 atom stereocenters. The highest BCUT2D eigenvalue weighted by atomic mass is 35.5. The Kier molecular flexibility index (Phi) is 60.5. The van der Waals surface area contributed by atoms with E-state index in [0.717, 1.165) is 48.9 Å². The van der Waals surface area contributed by atoms with E-state index in [1.807, 2.05) is 167 Å². The number of benzene rings is 5. The minimum Gasteiger partial charge on any atom is -0.400 e. The van der Waals surface area contributed by atoms with E-state index in [1.54, 1.807) is 32.1 Å². The number of thiocarbonyl (C=S) groups is 1. The smallest absolute Gasteiger partial charge is 0.268 e. The first-order valence-electron chi connectivity index (χ1n) is 20.2. The van der Waals surface area contributed by atoms with E-state index < -0.39 is 0 Å². The maximum atomic E-state index is 12.7. The summed E-state index contributed by atoms with van der Waals surface area (Å²) in [6, 6.07) is 44.5. The summed E-state index contributed by atoms with van der Waals surface area (Å²) in [7, 11) is 4.66. The normalized spacial score (nSPS) is 8.00. The van der Waals surface area contributed by atoms with Crippen LogP contribution in [0.15, 0.2) is 138 Å². The third-order valence-electron chi connectivity index (χ3n) is 8.06. The first-order chi connectivity index (χ1) is 29.3. The van der Waals surface area contributed by atoms with Crippen LogP contribution in [-0.4, -0.2) is 42.0 Å². The Hall–Kier alpha value is -4.70. The number of alkyl halides is 1. The van der Waals surface area contributed by atoms with Gasteiger partial charge in [-0.3, -0.25) is 9.59 Å². The van der Waals surface area contributed by atoms with Gasteiger partial charge in [0.2, 0.25) is 0 Å². The van der Waals surface area contributed by atoms with Crippen molar-refractivity contribution >= 4 is 105 Å². The number of rotatable bonds is 2. The SMILES string of the molecule is C.C.C.C.C.C.C.C=S.CC.CC.CC.CC.CCl.CO.Cc1c(C(=O)N(C)c2ccccc2)sc2ccccc12.Cc1ccccc1.Cn1c(=O)c2sc3ccccc3c2c2ccccc21. The first kappa shape index (κ1) is 82.4. The van der Waals surface area contributed by atoms with E-state index in [2.05, 4.69) is 79.1 Å². The summed E-state index contributed by atoms with van der Waals surface area (Å²) in [6.45, 7) is 20.1. The highest BCUT2D eigenvalue weighted by molar-refractivity contribution is 7.77. The van der Waals surface area contributed by atoms with Crippen LogP contribution in [0.4, 0.5) is 5.69 Å². The van der Waals surface area contributed by atoms with Gasteiger partial charge in [-0.15, -0.1) is 34.3 Å². The van der Waals surface area contributed by atoms with Gasteiger partial charge in [0.05, 0.1) is 10.4 Å². The number of aryl methyl sites for hydroxylation is 3. The zero-order chi connectivity index (χ0) is 46.2. The van der Waals surface area contributed by atoms with E-state index in [4.69, 9.17) is 5.11 Å². The topological polar surface area (TPSA) is 62.5 Å². The Labute approximate surface area is 430 Å². The number of thiophene rings is 2. The standard InChI is InChI=1S/C17H15NOS.C16H11NOS.C7H8.4C2H6.CH3Cl.CH4O.CH2S.7CH4/c1-12-14-10-6-7-11-15(14)20-16(12)17(19)18(2)13-8-4-3-5-9-13;1-17-12-8-4-2-6-10(12)14-11-7-3-5-9-13(11)19-15(14)16(17)18;1-7-5-3-2-4-6-7;7*1-2;;;;;;;/h3-11H,1-2H3;2-9H,1H3;2-6H,1H3;4*1-2H3;1H3;2H,1H3;1H2;7*1H4. The summed E-state index contributed by atoms with van der Waals surface area (Å²) in [6.07, 6.45) is 1.47. The van der Waals surface area contributed by atoms with Gasteiger partial charge in [0.1, 0.15) is 4.70 Å². The highest BCUT2D eigenvalue weighted by Crippen LogP contribution is 2.36. The van der Waals surface area contributed by atoms with Crippen molar-refractivity contribution in [2.24, 2.45) is 7.05 Å². The molecule has 8 aromatic rings. The highest BCUT2D eigenvalue weighted by Gasteiger charge is 2.19. The Morgan fingerprint density at radius 3 is 1.34 bits per heavy atom. The number of hydrogen-bond donors (Lipinski definition) is 1. The molecule has 0 bridgehead atoms. The molecule has 1 amide bonds. The second-order valence-electron chi connectivity index (χ2n) is 11.1. The number of fused-ring (bicyclic) bond motifs is 6. The van der Waals surface area contributed by atoms with E-state index in [1.165, 1.54) is 27.4 Å². The zero-order valence-electron chi connectivity index (χ0n) is 38.2. The molecule has 0 radical (unpaired) electrons. The summed E-state index contributed by atoms with van der Waals surface area (Å²) in [5, 5.41) is 11.6. The van der Waals surface area contributed by atoms with E-state index in [9.17, 15) is 9.59 Å². The number of anilines is 1. The number of aliphatic hydroxyl groups is 1. The molecule has 0 aliphatic rings. The van der Waals surface area contributed by atoms with Crippen molar-refractivity contribution in [2.75, 3.05) is 25.4 Å². The molecule has 67 heavy (non-hydrogen) atoms. The lowest BCUT2D eigenvalue weighted by molar-refractivity contribution is 0.0996. The van der Waals surface area contributed by atoms with Gasteiger partial charge in [-0.25, -0.2) is 0 Å². The predicted molar refractivity (Wildman–Crippen MR) is 326 cm³/mol. The van der Waals surface area contributed by atoms with Crippen LogP contribution in [-0.2, 0) is 7.05 Å². The average Bonchev–Trinajstić information content (AvgIpc) is 3.91. The van der Waals surface area contributed by atoms with Gasteiger partial charge in [0, 0.05) is 58.8 Å². The van der Waals surface area contributed by atoms with Gasteiger partial charge >= 0.3 is 0 Å². The number of carbonyl (C=O) groups is 1. The van der Waals surface area contributed by atoms with Gasteiger partial charge in [-0.1, -0.05) is 228 Å². The van der Waals surface area contributed by atoms with Crippen LogP contribution in [0.25, 0.3) is 41.2 Å². The molecule has 380 valence electrons. The Morgan fingerprint density at radius 1 is 0.567 bits per heavy atom. The third kappa shape index (κ3) is 23.2.